The first-order valence-electron chi connectivity index (χ1n) is 5.50. The van der Waals surface area contributed by atoms with Crippen LogP contribution in [0, 0.1) is 0 Å². The van der Waals surface area contributed by atoms with Crippen molar-refractivity contribution in [2.75, 3.05) is 26.2 Å². The zero-order valence-corrected chi connectivity index (χ0v) is 10.1. The molecule has 0 aliphatic carbocycles. The van der Waals surface area contributed by atoms with Crippen LogP contribution in [0.15, 0.2) is 0 Å². The number of nitrogens with zero attached hydrogens (tertiary/aromatic N) is 1. The minimum absolute atomic E-state index is 0.443. The minimum atomic E-state index is -1.04. The van der Waals surface area contributed by atoms with Crippen LogP contribution in [0.2, 0.25) is 0 Å². The normalized spacial score (nSPS) is 12.2. The molecule has 94 valence electrons. The number of carbonyl (C=O) groups is 2. The van der Waals surface area contributed by atoms with E-state index >= 15 is 0 Å². The Morgan fingerprint density at radius 1 is 1.31 bits per heavy atom. The molecule has 0 radical (unpaired) electrons. The van der Waals surface area contributed by atoms with Crippen LogP contribution in [-0.4, -0.2) is 54.2 Å². The number of hydrogen-bond acceptors (Lipinski definition) is 3. The minimum Gasteiger partial charge on any atom is -0.480 e. The molecule has 0 aromatic carbocycles. The summed E-state index contributed by atoms with van der Waals surface area (Å²) in [4.78, 5) is 23.8. The number of carboxylic acid groups (broad SMARTS) is 1. The maximum atomic E-state index is 11.2. The van der Waals surface area contributed by atoms with E-state index in [1.807, 2.05) is 0 Å². The van der Waals surface area contributed by atoms with E-state index in [0.29, 0.717) is 6.54 Å². The van der Waals surface area contributed by atoms with Crippen LogP contribution in [-0.2, 0) is 4.79 Å². The van der Waals surface area contributed by atoms with Gasteiger partial charge in [-0.05, 0) is 20.0 Å². The SMILES string of the molecule is CCN(CC)CCNC(=O)N[C@@H](C)C(=O)O. The number of amides is 2. The number of rotatable bonds is 7. The fraction of sp³-hybridized carbons (Fsp3) is 0.800. The second-order valence-electron chi connectivity index (χ2n) is 3.49. The summed E-state index contributed by atoms with van der Waals surface area (Å²) in [5.41, 5.74) is 0. The van der Waals surface area contributed by atoms with Gasteiger partial charge in [0, 0.05) is 13.1 Å². The maximum absolute atomic E-state index is 11.2. The molecule has 0 saturated carbocycles. The van der Waals surface area contributed by atoms with E-state index in [1.54, 1.807) is 0 Å². The molecule has 0 aliphatic heterocycles. The largest absolute Gasteiger partial charge is 0.480 e. The van der Waals surface area contributed by atoms with Gasteiger partial charge in [-0.1, -0.05) is 13.8 Å². The molecular formula is C10H21N3O3. The smallest absolute Gasteiger partial charge is 0.325 e. The van der Waals surface area contributed by atoms with Gasteiger partial charge in [0.25, 0.3) is 0 Å². The van der Waals surface area contributed by atoms with Crippen molar-refractivity contribution in [1.82, 2.24) is 15.5 Å². The van der Waals surface area contributed by atoms with Crippen molar-refractivity contribution in [3.05, 3.63) is 0 Å². The molecular weight excluding hydrogens is 210 g/mol. The standard InChI is InChI=1S/C10H21N3O3/c1-4-13(5-2)7-6-11-10(16)12-8(3)9(14)15/h8H,4-7H2,1-3H3,(H,14,15)(H2,11,12,16)/t8-/m0/s1. The van der Waals surface area contributed by atoms with Crippen LogP contribution >= 0.6 is 0 Å². The highest BCUT2D eigenvalue weighted by atomic mass is 16.4. The zero-order chi connectivity index (χ0) is 12.6. The molecule has 2 amide bonds. The van der Waals surface area contributed by atoms with Crippen LogP contribution in [0.5, 0.6) is 0 Å². The van der Waals surface area contributed by atoms with Crippen molar-refractivity contribution in [3.63, 3.8) is 0 Å². The summed E-state index contributed by atoms with van der Waals surface area (Å²) in [7, 11) is 0. The highest BCUT2D eigenvalue weighted by Crippen LogP contribution is 1.85. The number of aliphatic carboxylic acids is 1. The van der Waals surface area contributed by atoms with Crippen molar-refractivity contribution < 1.29 is 14.7 Å². The van der Waals surface area contributed by atoms with E-state index in [-0.39, 0.29) is 0 Å². The zero-order valence-electron chi connectivity index (χ0n) is 10.1. The van der Waals surface area contributed by atoms with Gasteiger partial charge < -0.3 is 20.6 Å². The van der Waals surface area contributed by atoms with Gasteiger partial charge in [0.05, 0.1) is 0 Å². The molecule has 0 spiro atoms. The molecule has 0 bridgehead atoms. The summed E-state index contributed by atoms with van der Waals surface area (Å²) in [6.45, 7) is 8.68. The van der Waals surface area contributed by atoms with E-state index in [2.05, 4.69) is 29.4 Å². The van der Waals surface area contributed by atoms with Gasteiger partial charge >= 0.3 is 12.0 Å². The number of carbonyl (C=O) groups excluding carboxylic acids is 1. The van der Waals surface area contributed by atoms with E-state index in [4.69, 9.17) is 5.11 Å². The average Bonchev–Trinajstić information content (AvgIpc) is 2.24. The van der Waals surface area contributed by atoms with Crippen molar-refractivity contribution in [2.24, 2.45) is 0 Å². The Labute approximate surface area is 96.0 Å². The van der Waals surface area contributed by atoms with Crippen molar-refractivity contribution in [2.45, 2.75) is 26.8 Å². The first kappa shape index (κ1) is 14.7. The van der Waals surface area contributed by atoms with Crippen LogP contribution in [0.25, 0.3) is 0 Å². The van der Waals surface area contributed by atoms with Crippen LogP contribution in [0.4, 0.5) is 4.79 Å². The molecule has 16 heavy (non-hydrogen) atoms. The number of urea groups is 1. The fourth-order valence-electron chi connectivity index (χ4n) is 1.18. The van der Waals surface area contributed by atoms with Gasteiger partial charge in [-0.2, -0.15) is 0 Å². The molecule has 0 aromatic rings. The van der Waals surface area contributed by atoms with Crippen molar-refractivity contribution in [1.29, 1.82) is 0 Å². The Bertz CT molecular complexity index is 229. The molecule has 0 aliphatic rings. The molecule has 1 atom stereocenters. The lowest BCUT2D eigenvalue weighted by atomic mass is 10.3. The average molecular weight is 231 g/mol. The number of carboxylic acids is 1. The second kappa shape index (κ2) is 7.92. The van der Waals surface area contributed by atoms with Crippen molar-refractivity contribution in [3.8, 4) is 0 Å². The third kappa shape index (κ3) is 6.23. The lowest BCUT2D eigenvalue weighted by Crippen LogP contribution is -2.46. The molecule has 0 heterocycles. The predicted molar refractivity (Wildman–Crippen MR) is 61.4 cm³/mol. The highest BCUT2D eigenvalue weighted by Gasteiger charge is 2.13. The topological polar surface area (TPSA) is 81.7 Å². The monoisotopic (exact) mass is 231 g/mol. The molecule has 6 heteroatoms. The highest BCUT2D eigenvalue weighted by molar-refractivity contribution is 5.82. The summed E-state index contributed by atoms with van der Waals surface area (Å²) >= 11 is 0. The maximum Gasteiger partial charge on any atom is 0.325 e. The van der Waals surface area contributed by atoms with Crippen LogP contribution in [0.3, 0.4) is 0 Å². The Balaban J connectivity index is 3.69. The van der Waals surface area contributed by atoms with Gasteiger partial charge in [-0.15, -0.1) is 0 Å². The lowest BCUT2D eigenvalue weighted by Gasteiger charge is -2.18. The third-order valence-corrected chi connectivity index (χ3v) is 2.33. The van der Waals surface area contributed by atoms with E-state index in [1.165, 1.54) is 6.92 Å². The summed E-state index contributed by atoms with van der Waals surface area (Å²) in [6.07, 6.45) is 0. The Morgan fingerprint density at radius 2 is 1.88 bits per heavy atom. The molecule has 0 unspecified atom stereocenters. The number of nitrogens with one attached hydrogen (secondary N) is 2. The number of hydrogen-bond donors (Lipinski definition) is 3. The fourth-order valence-corrected chi connectivity index (χ4v) is 1.18. The van der Waals surface area contributed by atoms with E-state index in [0.717, 1.165) is 19.6 Å². The van der Waals surface area contributed by atoms with Gasteiger partial charge in [-0.25, -0.2) is 4.79 Å². The molecule has 0 saturated heterocycles. The molecule has 0 rings (SSSR count). The van der Waals surface area contributed by atoms with Gasteiger partial charge in [0.15, 0.2) is 0 Å². The van der Waals surface area contributed by atoms with E-state index < -0.39 is 18.0 Å². The quantitative estimate of drug-likeness (QED) is 0.580. The predicted octanol–water partition coefficient (Wildman–Crippen LogP) is 0.101. The van der Waals surface area contributed by atoms with Crippen LogP contribution < -0.4 is 10.6 Å². The first-order valence-corrected chi connectivity index (χ1v) is 5.50. The van der Waals surface area contributed by atoms with Gasteiger partial charge in [0.2, 0.25) is 0 Å². The third-order valence-electron chi connectivity index (χ3n) is 2.33. The Morgan fingerprint density at radius 3 is 2.31 bits per heavy atom. The Kier molecular flexibility index (Phi) is 7.28. The summed E-state index contributed by atoms with van der Waals surface area (Å²) in [6, 6.07) is -1.31. The van der Waals surface area contributed by atoms with Gasteiger partial charge in [0.1, 0.15) is 6.04 Å². The second-order valence-corrected chi connectivity index (χ2v) is 3.49. The molecule has 0 fully saturated rings. The molecule has 6 nitrogen and oxygen atoms in total. The first-order chi connectivity index (χ1) is 7.51. The lowest BCUT2D eigenvalue weighted by molar-refractivity contribution is -0.138. The molecule has 3 N–H and O–H groups in total. The summed E-state index contributed by atoms with van der Waals surface area (Å²) in [5.74, 6) is -1.04. The summed E-state index contributed by atoms with van der Waals surface area (Å²) in [5, 5.41) is 13.5. The summed E-state index contributed by atoms with van der Waals surface area (Å²) < 4.78 is 0. The van der Waals surface area contributed by atoms with Crippen LogP contribution in [0.1, 0.15) is 20.8 Å². The molecule has 0 aromatic heterocycles. The number of likely N-dealkylation sites (N-methyl/N-ethyl adjacent to an activating group) is 1. The van der Waals surface area contributed by atoms with Crippen molar-refractivity contribution >= 4 is 12.0 Å². The Hall–Kier alpha value is -1.30. The van der Waals surface area contributed by atoms with E-state index in [9.17, 15) is 9.59 Å². The van der Waals surface area contributed by atoms with Gasteiger partial charge in [-0.3, -0.25) is 4.79 Å².